The smallest absolute Gasteiger partial charge is 0.119 e. The molecule has 8 nitrogen and oxygen atoms in total. The van der Waals surface area contributed by atoms with Gasteiger partial charge in [0.2, 0.25) is 0 Å². The fourth-order valence-electron chi connectivity index (χ4n) is 2.45. The van der Waals surface area contributed by atoms with Crippen LogP contribution in [-0.2, 0) is 9.88 Å². The molecule has 0 aromatic heterocycles. The number of nitrogens with zero attached hydrogens (tertiary/aromatic N) is 2. The normalized spacial score (nSPS) is 62.8. The number of hydroxylamine groups is 4. The van der Waals surface area contributed by atoms with Crippen LogP contribution in [0.2, 0.25) is 0 Å². The third-order valence-corrected chi connectivity index (χ3v) is 3.07. The van der Waals surface area contributed by atoms with Crippen molar-refractivity contribution < 1.29 is 9.88 Å². The van der Waals surface area contributed by atoms with Gasteiger partial charge in [-0.05, 0) is 0 Å². The van der Waals surface area contributed by atoms with Gasteiger partial charge in [-0.15, -0.1) is 0 Å². The standard InChI is InChI=1S/C5H10N6O2/c1-10-2-3(7-12-6-2)11(1)5-4(10)8-13-9-5/h2-9H,1H2. The minimum absolute atomic E-state index is 0.206. The third-order valence-electron chi connectivity index (χ3n) is 3.07. The van der Waals surface area contributed by atoms with Crippen LogP contribution in [-0.4, -0.2) is 41.1 Å². The van der Waals surface area contributed by atoms with Crippen LogP contribution in [0.15, 0.2) is 0 Å². The summed E-state index contributed by atoms with van der Waals surface area (Å²) in [5.41, 5.74) is 11.6. The van der Waals surface area contributed by atoms with Gasteiger partial charge in [-0.1, -0.05) is 0 Å². The van der Waals surface area contributed by atoms with Gasteiger partial charge in [0.25, 0.3) is 0 Å². The highest BCUT2D eigenvalue weighted by atomic mass is 16.8. The molecule has 0 saturated carbocycles. The maximum absolute atomic E-state index is 4.98. The summed E-state index contributed by atoms with van der Waals surface area (Å²) >= 11 is 0. The second kappa shape index (κ2) is 2.19. The van der Waals surface area contributed by atoms with Crippen molar-refractivity contribution in [1.82, 2.24) is 31.7 Å². The van der Waals surface area contributed by atoms with E-state index in [-0.39, 0.29) is 24.7 Å². The Morgan fingerprint density at radius 1 is 0.769 bits per heavy atom. The van der Waals surface area contributed by atoms with E-state index in [0.717, 1.165) is 6.67 Å². The van der Waals surface area contributed by atoms with Gasteiger partial charge in [-0.3, -0.25) is 9.80 Å². The van der Waals surface area contributed by atoms with Crippen molar-refractivity contribution in [2.45, 2.75) is 24.7 Å². The van der Waals surface area contributed by atoms with Crippen LogP contribution in [0.1, 0.15) is 0 Å². The molecule has 4 atom stereocenters. The van der Waals surface area contributed by atoms with Crippen molar-refractivity contribution in [1.29, 1.82) is 0 Å². The molecule has 8 heteroatoms. The zero-order valence-corrected chi connectivity index (χ0v) is 6.73. The maximum Gasteiger partial charge on any atom is 0.119 e. The van der Waals surface area contributed by atoms with E-state index in [4.69, 9.17) is 9.88 Å². The molecule has 4 rings (SSSR count). The first-order valence-electron chi connectivity index (χ1n) is 4.30. The van der Waals surface area contributed by atoms with Crippen molar-refractivity contribution >= 4 is 0 Å². The lowest BCUT2D eigenvalue weighted by Crippen LogP contribution is -2.61. The Balaban J connectivity index is 1.72. The van der Waals surface area contributed by atoms with E-state index in [0.29, 0.717) is 0 Å². The molecule has 0 aliphatic carbocycles. The fraction of sp³-hybridized carbons (Fsp3) is 1.00. The molecule has 13 heavy (non-hydrogen) atoms. The van der Waals surface area contributed by atoms with Gasteiger partial charge in [-0.2, -0.15) is 21.9 Å². The van der Waals surface area contributed by atoms with Crippen LogP contribution >= 0.6 is 0 Å². The number of hydrogen-bond acceptors (Lipinski definition) is 8. The second-order valence-electron chi connectivity index (χ2n) is 3.62. The highest BCUT2D eigenvalue weighted by molar-refractivity contribution is 5.03. The van der Waals surface area contributed by atoms with Gasteiger partial charge < -0.3 is 0 Å². The minimum Gasteiger partial charge on any atom is -0.250 e. The summed E-state index contributed by atoms with van der Waals surface area (Å²) in [5, 5.41) is 0. The van der Waals surface area contributed by atoms with E-state index in [2.05, 4.69) is 31.7 Å². The van der Waals surface area contributed by atoms with Crippen molar-refractivity contribution in [3.05, 3.63) is 0 Å². The molecule has 4 heterocycles. The Labute approximate surface area is 73.9 Å². The number of piperazine rings is 1. The molecule has 4 aliphatic heterocycles. The van der Waals surface area contributed by atoms with E-state index >= 15 is 0 Å². The summed E-state index contributed by atoms with van der Waals surface area (Å²) in [5.74, 6) is 0. The average Bonchev–Trinajstić information content (AvgIpc) is 2.81. The quantitative estimate of drug-likeness (QED) is 0.318. The topological polar surface area (TPSA) is 73.1 Å². The third kappa shape index (κ3) is 0.695. The summed E-state index contributed by atoms with van der Waals surface area (Å²) in [6.07, 6.45) is 0.823. The molecule has 0 radical (unpaired) electrons. The molecule has 72 valence electrons. The van der Waals surface area contributed by atoms with Gasteiger partial charge in [0, 0.05) is 0 Å². The highest BCUT2D eigenvalue weighted by Crippen LogP contribution is 2.33. The van der Waals surface area contributed by atoms with Crippen LogP contribution in [0.25, 0.3) is 0 Å². The molecule has 4 aliphatic rings. The molecule has 0 spiro atoms. The zero-order chi connectivity index (χ0) is 8.41. The van der Waals surface area contributed by atoms with Crippen molar-refractivity contribution in [2.75, 3.05) is 6.67 Å². The van der Waals surface area contributed by atoms with Crippen molar-refractivity contribution in [2.24, 2.45) is 0 Å². The first kappa shape index (κ1) is 7.04. The lowest BCUT2D eigenvalue weighted by Gasteiger charge is -2.31. The Morgan fingerprint density at radius 2 is 1.15 bits per heavy atom. The molecular formula is C5H10N6O2. The first-order chi connectivity index (χ1) is 6.45. The Hall–Kier alpha value is -0.320. The van der Waals surface area contributed by atoms with E-state index in [1.54, 1.807) is 0 Å². The summed E-state index contributed by atoms with van der Waals surface area (Å²) in [6, 6.07) is 0. The van der Waals surface area contributed by atoms with Crippen LogP contribution in [0.5, 0.6) is 0 Å². The number of nitrogens with one attached hydrogen (secondary N) is 4. The van der Waals surface area contributed by atoms with Crippen molar-refractivity contribution in [3.63, 3.8) is 0 Å². The van der Waals surface area contributed by atoms with Crippen molar-refractivity contribution in [3.8, 4) is 0 Å². The van der Waals surface area contributed by atoms with Crippen LogP contribution < -0.4 is 21.9 Å². The predicted molar refractivity (Wildman–Crippen MR) is 38.4 cm³/mol. The molecule has 4 fully saturated rings. The predicted octanol–water partition coefficient (Wildman–Crippen LogP) is -3.04. The molecule has 0 aromatic carbocycles. The highest BCUT2D eigenvalue weighted by Gasteiger charge is 2.60. The van der Waals surface area contributed by atoms with Gasteiger partial charge in [-0.25, -0.2) is 9.88 Å². The summed E-state index contributed by atoms with van der Waals surface area (Å²) < 4.78 is 0. The van der Waals surface area contributed by atoms with E-state index in [1.165, 1.54) is 0 Å². The molecule has 4 saturated heterocycles. The van der Waals surface area contributed by atoms with E-state index in [1.807, 2.05) is 0 Å². The monoisotopic (exact) mass is 186 g/mol. The average molecular weight is 186 g/mol. The molecule has 0 amide bonds. The number of rotatable bonds is 0. The Bertz CT molecular complexity index is 207. The minimum atomic E-state index is 0.206. The van der Waals surface area contributed by atoms with E-state index < -0.39 is 0 Å². The lowest BCUT2D eigenvalue weighted by atomic mass is 10.2. The van der Waals surface area contributed by atoms with Crippen LogP contribution in [0.4, 0.5) is 0 Å². The molecule has 4 unspecified atom stereocenters. The number of hydrogen-bond donors (Lipinski definition) is 4. The molecular weight excluding hydrogens is 176 g/mol. The van der Waals surface area contributed by atoms with Gasteiger partial charge in [0.1, 0.15) is 24.7 Å². The van der Waals surface area contributed by atoms with Crippen LogP contribution in [0, 0.1) is 0 Å². The van der Waals surface area contributed by atoms with Crippen LogP contribution in [0.3, 0.4) is 0 Å². The maximum atomic E-state index is 4.98. The SMILES string of the molecule is C1N2C3NONC3N1C1NONC12. The lowest BCUT2D eigenvalue weighted by molar-refractivity contribution is -0.0555. The summed E-state index contributed by atoms with van der Waals surface area (Å²) in [4.78, 5) is 14.4. The van der Waals surface area contributed by atoms with Gasteiger partial charge >= 0.3 is 0 Å². The fourth-order valence-corrected chi connectivity index (χ4v) is 2.45. The molecule has 2 bridgehead atoms. The molecule has 0 aromatic rings. The van der Waals surface area contributed by atoms with E-state index in [9.17, 15) is 0 Å². The number of fused-ring (bicyclic) bond motifs is 8. The van der Waals surface area contributed by atoms with Gasteiger partial charge in [0.15, 0.2) is 0 Å². The Kier molecular flexibility index (Phi) is 1.18. The van der Waals surface area contributed by atoms with Gasteiger partial charge in [0.05, 0.1) is 6.67 Å². The summed E-state index contributed by atoms with van der Waals surface area (Å²) in [7, 11) is 0. The Morgan fingerprint density at radius 3 is 1.54 bits per heavy atom. The second-order valence-corrected chi connectivity index (χ2v) is 3.62. The first-order valence-corrected chi connectivity index (χ1v) is 4.30. The summed E-state index contributed by atoms with van der Waals surface area (Å²) in [6.45, 7) is 0.914. The molecule has 4 N–H and O–H groups in total. The largest absolute Gasteiger partial charge is 0.250 e. The zero-order valence-electron chi connectivity index (χ0n) is 6.73.